The van der Waals surface area contributed by atoms with Crippen molar-refractivity contribution in [2.75, 3.05) is 24.2 Å². The van der Waals surface area contributed by atoms with Crippen LogP contribution in [0.1, 0.15) is 63.6 Å². The lowest BCUT2D eigenvalue weighted by Gasteiger charge is -2.33. The summed E-state index contributed by atoms with van der Waals surface area (Å²) in [5.41, 5.74) is 3.04. The van der Waals surface area contributed by atoms with Crippen molar-refractivity contribution >= 4 is 27.5 Å². The van der Waals surface area contributed by atoms with Gasteiger partial charge in [0.25, 0.3) is 0 Å². The molecule has 0 spiro atoms. The number of carbonyl (C=O) groups is 2. The number of rotatable bonds is 12. The Hall–Kier alpha value is -3.07. The van der Waals surface area contributed by atoms with Crippen molar-refractivity contribution in [3.63, 3.8) is 0 Å². The molecule has 0 saturated carbocycles. The number of nitrogens with zero attached hydrogens (tertiary/aromatic N) is 2. The van der Waals surface area contributed by atoms with E-state index in [1.165, 1.54) is 10.6 Å². The minimum atomic E-state index is -3.55. The first-order chi connectivity index (χ1) is 17.7. The molecule has 0 bridgehead atoms. The van der Waals surface area contributed by atoms with Gasteiger partial charge in [-0.05, 0) is 88.4 Å². The highest BCUT2D eigenvalue weighted by Gasteiger charge is 2.31. The molecule has 0 fully saturated rings. The second-order valence-corrected chi connectivity index (χ2v) is 12.7. The van der Waals surface area contributed by atoms with Gasteiger partial charge in [0, 0.05) is 25.0 Å². The molecule has 0 aliphatic rings. The van der Waals surface area contributed by atoms with Crippen LogP contribution in [0.25, 0.3) is 0 Å². The van der Waals surface area contributed by atoms with Gasteiger partial charge in [0.15, 0.2) is 0 Å². The van der Waals surface area contributed by atoms with E-state index in [2.05, 4.69) is 5.32 Å². The standard InChI is InChI=1S/C29H43N3O5S/c1-9-26(28(34)30-29(4,5)6)31(20-23-12-10-13-25(19-23)37-7)27(33)14-11-17-32(38(8,35)36)24-16-15-21(2)22(3)18-24/h10,12-13,15-16,18-19,26H,9,11,14,17,20H2,1-8H3,(H,30,34)/t26-/m1/s1. The van der Waals surface area contributed by atoms with Gasteiger partial charge in [0.2, 0.25) is 21.8 Å². The average molecular weight is 546 g/mol. The van der Waals surface area contributed by atoms with Crippen LogP contribution < -0.4 is 14.4 Å². The van der Waals surface area contributed by atoms with Crippen molar-refractivity contribution in [2.45, 2.75) is 78.9 Å². The summed E-state index contributed by atoms with van der Waals surface area (Å²) in [5.74, 6) is 0.237. The largest absolute Gasteiger partial charge is 0.497 e. The number of sulfonamides is 1. The van der Waals surface area contributed by atoms with E-state index in [1.54, 1.807) is 18.1 Å². The molecule has 2 rings (SSSR count). The molecule has 8 nitrogen and oxygen atoms in total. The number of anilines is 1. The highest BCUT2D eigenvalue weighted by atomic mass is 32.2. The second kappa shape index (κ2) is 13.1. The summed E-state index contributed by atoms with van der Waals surface area (Å²) < 4.78 is 31.8. The molecular formula is C29H43N3O5S. The summed E-state index contributed by atoms with van der Waals surface area (Å²) in [6.07, 6.45) is 2.02. The fourth-order valence-electron chi connectivity index (χ4n) is 4.22. The van der Waals surface area contributed by atoms with E-state index in [0.717, 1.165) is 16.7 Å². The van der Waals surface area contributed by atoms with E-state index in [-0.39, 0.29) is 31.3 Å². The first-order valence-corrected chi connectivity index (χ1v) is 14.8. The van der Waals surface area contributed by atoms with Crippen LogP contribution in [-0.4, -0.2) is 56.6 Å². The number of benzene rings is 2. The SMILES string of the molecule is CC[C@H](C(=O)NC(C)(C)C)N(Cc1cccc(OC)c1)C(=O)CCCN(c1ccc(C)c(C)c1)S(C)(=O)=O. The third kappa shape index (κ3) is 9.04. The Morgan fingerprint density at radius 3 is 2.29 bits per heavy atom. The number of aryl methyl sites for hydroxylation is 2. The molecule has 0 heterocycles. The van der Waals surface area contributed by atoms with Crippen LogP contribution >= 0.6 is 0 Å². The smallest absolute Gasteiger partial charge is 0.243 e. The fourth-order valence-corrected chi connectivity index (χ4v) is 5.18. The summed E-state index contributed by atoms with van der Waals surface area (Å²) in [7, 11) is -1.97. The topological polar surface area (TPSA) is 96.0 Å². The molecule has 0 radical (unpaired) electrons. The highest BCUT2D eigenvalue weighted by molar-refractivity contribution is 7.92. The third-order valence-corrected chi connectivity index (χ3v) is 7.50. The summed E-state index contributed by atoms with van der Waals surface area (Å²) in [6, 6.07) is 12.3. The van der Waals surface area contributed by atoms with Gasteiger partial charge in [-0.25, -0.2) is 8.42 Å². The van der Waals surface area contributed by atoms with Crippen LogP contribution in [0.3, 0.4) is 0 Å². The molecule has 2 aromatic rings. The zero-order valence-electron chi connectivity index (χ0n) is 24.0. The van der Waals surface area contributed by atoms with E-state index in [0.29, 0.717) is 24.3 Å². The molecule has 2 amide bonds. The lowest BCUT2D eigenvalue weighted by Crippen LogP contribution is -2.53. The van der Waals surface area contributed by atoms with Gasteiger partial charge < -0.3 is 15.0 Å². The van der Waals surface area contributed by atoms with Gasteiger partial charge in [-0.3, -0.25) is 13.9 Å². The zero-order chi connectivity index (χ0) is 28.7. The Morgan fingerprint density at radius 2 is 1.74 bits per heavy atom. The Labute approximate surface area is 228 Å². The Balaban J connectivity index is 2.28. The van der Waals surface area contributed by atoms with Gasteiger partial charge in [0.05, 0.1) is 19.1 Å². The third-order valence-electron chi connectivity index (χ3n) is 6.30. The molecule has 0 saturated heterocycles. The van der Waals surface area contributed by atoms with Crippen molar-refractivity contribution in [3.8, 4) is 5.75 Å². The predicted molar refractivity (Wildman–Crippen MR) is 153 cm³/mol. The molecule has 38 heavy (non-hydrogen) atoms. The Morgan fingerprint density at radius 1 is 1.05 bits per heavy atom. The van der Waals surface area contributed by atoms with E-state index in [9.17, 15) is 18.0 Å². The van der Waals surface area contributed by atoms with Crippen LogP contribution in [-0.2, 0) is 26.2 Å². The molecule has 1 atom stereocenters. The van der Waals surface area contributed by atoms with Gasteiger partial charge in [-0.1, -0.05) is 25.1 Å². The zero-order valence-corrected chi connectivity index (χ0v) is 24.8. The number of amides is 2. The van der Waals surface area contributed by atoms with E-state index >= 15 is 0 Å². The van der Waals surface area contributed by atoms with Gasteiger partial charge in [-0.15, -0.1) is 0 Å². The first-order valence-electron chi connectivity index (χ1n) is 13.0. The number of hydrogen-bond acceptors (Lipinski definition) is 5. The quantitative estimate of drug-likeness (QED) is 0.421. The Kier molecular flexibility index (Phi) is 10.8. The average Bonchev–Trinajstić information content (AvgIpc) is 2.81. The maximum Gasteiger partial charge on any atom is 0.243 e. The molecule has 9 heteroatoms. The molecule has 1 N–H and O–H groups in total. The van der Waals surface area contributed by atoms with Crippen LogP contribution in [0.15, 0.2) is 42.5 Å². The van der Waals surface area contributed by atoms with Crippen molar-refractivity contribution in [1.29, 1.82) is 0 Å². The fraction of sp³-hybridized carbons (Fsp3) is 0.517. The molecule has 0 aromatic heterocycles. The number of carbonyl (C=O) groups excluding carboxylic acids is 2. The minimum Gasteiger partial charge on any atom is -0.497 e. The summed E-state index contributed by atoms with van der Waals surface area (Å²) in [6.45, 7) is 11.9. The summed E-state index contributed by atoms with van der Waals surface area (Å²) in [4.78, 5) is 28.4. The van der Waals surface area contributed by atoms with E-state index in [1.807, 2.05) is 77.9 Å². The number of hydrogen-bond donors (Lipinski definition) is 1. The van der Waals surface area contributed by atoms with E-state index < -0.39 is 21.6 Å². The van der Waals surface area contributed by atoms with Crippen molar-refractivity contribution < 1.29 is 22.7 Å². The molecule has 2 aromatic carbocycles. The van der Waals surface area contributed by atoms with Gasteiger partial charge >= 0.3 is 0 Å². The Bertz CT molecular complexity index is 1220. The summed E-state index contributed by atoms with van der Waals surface area (Å²) >= 11 is 0. The second-order valence-electron chi connectivity index (χ2n) is 10.7. The van der Waals surface area contributed by atoms with Crippen LogP contribution in [0.4, 0.5) is 5.69 Å². The van der Waals surface area contributed by atoms with E-state index in [4.69, 9.17) is 4.74 Å². The lowest BCUT2D eigenvalue weighted by molar-refractivity contribution is -0.142. The van der Waals surface area contributed by atoms with Crippen molar-refractivity contribution in [1.82, 2.24) is 10.2 Å². The molecule has 0 aliphatic carbocycles. The lowest BCUT2D eigenvalue weighted by atomic mass is 10.0. The number of nitrogens with one attached hydrogen (secondary N) is 1. The monoisotopic (exact) mass is 545 g/mol. The predicted octanol–water partition coefficient (Wildman–Crippen LogP) is 4.58. The van der Waals surface area contributed by atoms with Crippen LogP contribution in [0.2, 0.25) is 0 Å². The van der Waals surface area contributed by atoms with Crippen molar-refractivity contribution in [2.24, 2.45) is 0 Å². The van der Waals surface area contributed by atoms with Gasteiger partial charge in [0.1, 0.15) is 11.8 Å². The number of ether oxygens (including phenoxy) is 1. The van der Waals surface area contributed by atoms with Gasteiger partial charge in [-0.2, -0.15) is 0 Å². The highest BCUT2D eigenvalue weighted by Crippen LogP contribution is 2.23. The molecular weight excluding hydrogens is 502 g/mol. The molecule has 210 valence electrons. The normalized spacial score (nSPS) is 12.5. The molecule has 0 unspecified atom stereocenters. The summed E-state index contributed by atoms with van der Waals surface area (Å²) in [5, 5.41) is 2.99. The number of methoxy groups -OCH3 is 1. The van der Waals surface area contributed by atoms with Crippen molar-refractivity contribution in [3.05, 3.63) is 59.2 Å². The first kappa shape index (κ1) is 31.1. The maximum absolute atomic E-state index is 13.6. The minimum absolute atomic E-state index is 0.0974. The molecule has 0 aliphatic heterocycles. The van der Waals surface area contributed by atoms with Crippen LogP contribution in [0.5, 0.6) is 5.75 Å². The maximum atomic E-state index is 13.6. The van der Waals surface area contributed by atoms with Crippen LogP contribution in [0, 0.1) is 13.8 Å².